The predicted octanol–water partition coefficient (Wildman–Crippen LogP) is 0.823. The van der Waals surface area contributed by atoms with Crippen molar-refractivity contribution in [2.45, 2.75) is 32.4 Å². The number of aliphatic hydroxyl groups excluding tert-OH is 1. The van der Waals surface area contributed by atoms with E-state index in [2.05, 4.69) is 14.3 Å². The summed E-state index contributed by atoms with van der Waals surface area (Å²) in [5.41, 5.74) is 0. The van der Waals surface area contributed by atoms with Crippen LogP contribution in [0.4, 0.5) is 5.13 Å². The van der Waals surface area contributed by atoms with E-state index in [1.54, 1.807) is 6.92 Å². The largest absolute Gasteiger partial charge is 0.393 e. The smallest absolute Gasteiger partial charge is 0.205 e. The first-order valence-corrected chi connectivity index (χ1v) is 6.27. The van der Waals surface area contributed by atoms with Gasteiger partial charge in [0.15, 0.2) is 0 Å². The highest BCUT2D eigenvalue weighted by Crippen LogP contribution is 2.23. The van der Waals surface area contributed by atoms with Crippen molar-refractivity contribution in [3.05, 3.63) is 5.82 Å². The number of anilines is 1. The lowest BCUT2D eigenvalue weighted by Crippen LogP contribution is -2.46. The number of nitrogens with zero attached hydrogens (tertiary/aromatic N) is 3. The predicted molar refractivity (Wildman–Crippen MR) is 62.9 cm³/mol. The molecule has 1 saturated heterocycles. The van der Waals surface area contributed by atoms with E-state index >= 15 is 0 Å². The van der Waals surface area contributed by atoms with Gasteiger partial charge >= 0.3 is 0 Å². The normalized spacial score (nSPS) is 23.4. The molecule has 90 valence electrons. The first-order valence-electron chi connectivity index (χ1n) is 5.49. The number of hydrogen-bond acceptors (Lipinski definition) is 6. The maximum Gasteiger partial charge on any atom is 0.205 e. The van der Waals surface area contributed by atoms with Gasteiger partial charge in [0.1, 0.15) is 5.82 Å². The highest BCUT2D eigenvalue weighted by atomic mass is 32.1. The van der Waals surface area contributed by atoms with Crippen molar-refractivity contribution in [3.8, 4) is 0 Å². The number of aromatic nitrogens is 2. The number of ether oxygens (including phenoxy) is 1. The van der Waals surface area contributed by atoms with Crippen molar-refractivity contribution >= 4 is 16.7 Å². The average molecular weight is 243 g/mol. The quantitative estimate of drug-likeness (QED) is 0.852. The summed E-state index contributed by atoms with van der Waals surface area (Å²) < 4.78 is 9.64. The van der Waals surface area contributed by atoms with Crippen molar-refractivity contribution in [1.82, 2.24) is 9.36 Å². The molecule has 0 bridgehead atoms. The summed E-state index contributed by atoms with van der Waals surface area (Å²) in [5.74, 6) is 0.808. The van der Waals surface area contributed by atoms with Gasteiger partial charge < -0.3 is 14.7 Å². The molecule has 2 heterocycles. The highest BCUT2D eigenvalue weighted by molar-refractivity contribution is 7.09. The van der Waals surface area contributed by atoms with Crippen molar-refractivity contribution in [2.75, 3.05) is 24.7 Å². The fourth-order valence-corrected chi connectivity index (χ4v) is 2.67. The SMILES string of the molecule is Cc1nsc(N2CCOCC2CC(C)O)n1. The first-order chi connectivity index (χ1) is 7.66. The van der Waals surface area contributed by atoms with Crippen molar-refractivity contribution in [3.63, 3.8) is 0 Å². The molecule has 2 unspecified atom stereocenters. The van der Waals surface area contributed by atoms with Crippen LogP contribution in [-0.4, -0.2) is 46.4 Å². The topological polar surface area (TPSA) is 58.5 Å². The minimum Gasteiger partial charge on any atom is -0.393 e. The second-order valence-electron chi connectivity index (χ2n) is 4.13. The van der Waals surface area contributed by atoms with Gasteiger partial charge in [0.2, 0.25) is 5.13 Å². The molecule has 5 nitrogen and oxygen atoms in total. The number of hydrogen-bond donors (Lipinski definition) is 1. The molecule has 0 spiro atoms. The van der Waals surface area contributed by atoms with Crippen molar-refractivity contribution in [2.24, 2.45) is 0 Å². The van der Waals surface area contributed by atoms with Gasteiger partial charge in [-0.05, 0) is 20.3 Å². The molecule has 1 N–H and O–H groups in total. The van der Waals surface area contributed by atoms with Crippen LogP contribution in [-0.2, 0) is 4.74 Å². The number of aryl methyl sites for hydroxylation is 1. The highest BCUT2D eigenvalue weighted by Gasteiger charge is 2.26. The van der Waals surface area contributed by atoms with Crippen LogP contribution < -0.4 is 4.90 Å². The summed E-state index contributed by atoms with van der Waals surface area (Å²) in [4.78, 5) is 6.58. The molecular weight excluding hydrogens is 226 g/mol. The van der Waals surface area contributed by atoms with E-state index in [-0.39, 0.29) is 12.1 Å². The third kappa shape index (κ3) is 2.69. The maximum atomic E-state index is 9.46. The van der Waals surface area contributed by atoms with Gasteiger partial charge in [-0.3, -0.25) is 0 Å². The van der Waals surface area contributed by atoms with Crippen LogP contribution >= 0.6 is 11.5 Å². The third-order valence-electron chi connectivity index (χ3n) is 2.60. The molecule has 0 amide bonds. The Labute approximate surface area is 99.2 Å². The van der Waals surface area contributed by atoms with E-state index in [4.69, 9.17) is 4.74 Å². The molecule has 1 fully saturated rings. The summed E-state index contributed by atoms with van der Waals surface area (Å²) >= 11 is 1.41. The number of rotatable bonds is 3. The lowest BCUT2D eigenvalue weighted by molar-refractivity contribution is 0.0721. The molecule has 16 heavy (non-hydrogen) atoms. The lowest BCUT2D eigenvalue weighted by Gasteiger charge is -2.35. The monoisotopic (exact) mass is 243 g/mol. The lowest BCUT2D eigenvalue weighted by atomic mass is 10.1. The van der Waals surface area contributed by atoms with Gasteiger partial charge in [-0.15, -0.1) is 0 Å². The van der Waals surface area contributed by atoms with Crippen molar-refractivity contribution in [1.29, 1.82) is 0 Å². The fraction of sp³-hybridized carbons (Fsp3) is 0.800. The van der Waals surface area contributed by atoms with Crippen LogP contribution in [0.1, 0.15) is 19.2 Å². The molecule has 2 atom stereocenters. The fourth-order valence-electron chi connectivity index (χ4n) is 1.90. The zero-order chi connectivity index (χ0) is 11.5. The summed E-state index contributed by atoms with van der Waals surface area (Å²) in [6.07, 6.45) is 0.391. The standard InChI is InChI=1S/C10H17N3O2S/c1-7(14)5-9-6-15-4-3-13(9)10-11-8(2)12-16-10/h7,9,14H,3-6H2,1-2H3. The molecule has 2 rings (SSSR count). The van der Waals surface area contributed by atoms with Crippen LogP contribution in [0.3, 0.4) is 0 Å². The first kappa shape index (κ1) is 11.8. The zero-order valence-electron chi connectivity index (χ0n) is 9.59. The van der Waals surface area contributed by atoms with Crippen LogP contribution in [0.5, 0.6) is 0 Å². The molecule has 0 saturated carbocycles. The van der Waals surface area contributed by atoms with Gasteiger partial charge in [0.05, 0.1) is 25.4 Å². The van der Waals surface area contributed by atoms with Crippen molar-refractivity contribution < 1.29 is 9.84 Å². The Balaban J connectivity index is 2.10. The van der Waals surface area contributed by atoms with Gasteiger partial charge in [-0.2, -0.15) is 4.37 Å². The Morgan fingerprint density at radius 1 is 1.69 bits per heavy atom. The Kier molecular flexibility index (Phi) is 3.73. The van der Waals surface area contributed by atoms with E-state index in [1.165, 1.54) is 11.5 Å². The van der Waals surface area contributed by atoms with Gasteiger partial charge in [0, 0.05) is 18.1 Å². The minimum absolute atomic E-state index is 0.209. The summed E-state index contributed by atoms with van der Waals surface area (Å²) in [6, 6.07) is 0.209. The zero-order valence-corrected chi connectivity index (χ0v) is 10.4. The van der Waals surface area contributed by atoms with E-state index in [9.17, 15) is 5.11 Å². The molecule has 0 radical (unpaired) electrons. The van der Waals surface area contributed by atoms with E-state index in [0.29, 0.717) is 13.0 Å². The third-order valence-corrected chi connectivity index (χ3v) is 3.45. The summed E-state index contributed by atoms with van der Waals surface area (Å²) in [6.45, 7) is 5.90. The Morgan fingerprint density at radius 3 is 3.12 bits per heavy atom. The Bertz CT molecular complexity index is 343. The van der Waals surface area contributed by atoms with Gasteiger partial charge in [-0.25, -0.2) is 4.98 Å². The average Bonchev–Trinajstić information content (AvgIpc) is 2.65. The number of aliphatic hydroxyl groups is 1. The molecule has 1 aliphatic heterocycles. The second kappa shape index (κ2) is 5.07. The minimum atomic E-state index is -0.316. The summed E-state index contributed by atoms with van der Waals surface area (Å²) in [5, 5.41) is 10.4. The molecule has 0 aromatic carbocycles. The molecule has 1 aromatic rings. The van der Waals surface area contributed by atoms with E-state index in [1.807, 2.05) is 6.92 Å². The van der Waals surface area contributed by atoms with Gasteiger partial charge in [-0.1, -0.05) is 0 Å². The van der Waals surface area contributed by atoms with Crippen LogP contribution in [0.15, 0.2) is 0 Å². The maximum absolute atomic E-state index is 9.46. The van der Waals surface area contributed by atoms with E-state index < -0.39 is 0 Å². The summed E-state index contributed by atoms with van der Waals surface area (Å²) in [7, 11) is 0. The van der Waals surface area contributed by atoms with Crippen LogP contribution in [0.2, 0.25) is 0 Å². The Hall–Kier alpha value is -0.720. The molecule has 1 aliphatic rings. The second-order valence-corrected chi connectivity index (χ2v) is 4.86. The Morgan fingerprint density at radius 2 is 2.50 bits per heavy atom. The van der Waals surface area contributed by atoms with Crippen LogP contribution in [0.25, 0.3) is 0 Å². The van der Waals surface area contributed by atoms with E-state index in [0.717, 1.165) is 24.1 Å². The number of morpholine rings is 1. The molecule has 6 heteroatoms. The molecular formula is C10H17N3O2S. The van der Waals surface area contributed by atoms with Crippen LogP contribution in [0, 0.1) is 6.92 Å². The molecule has 1 aromatic heterocycles. The van der Waals surface area contributed by atoms with Gasteiger partial charge in [0.25, 0.3) is 0 Å². The molecule has 0 aliphatic carbocycles.